The van der Waals surface area contributed by atoms with E-state index in [0.717, 1.165) is 44.1 Å². The molecule has 1 fully saturated rings. The van der Waals surface area contributed by atoms with Gasteiger partial charge in [0.05, 0.1) is 12.2 Å². The molecular formula is C30H46O6. The summed E-state index contributed by atoms with van der Waals surface area (Å²) in [6.07, 6.45) is 12.2. The fourth-order valence-electron chi connectivity index (χ4n) is 5.19. The van der Waals surface area contributed by atoms with Gasteiger partial charge in [0.2, 0.25) is 0 Å². The molecule has 6 nitrogen and oxygen atoms in total. The van der Waals surface area contributed by atoms with Crippen LogP contribution in [0.5, 0.6) is 5.75 Å². The molecule has 0 aliphatic heterocycles. The summed E-state index contributed by atoms with van der Waals surface area (Å²) in [4.78, 5) is 12.1. The van der Waals surface area contributed by atoms with Gasteiger partial charge in [-0.05, 0) is 79.4 Å². The molecule has 0 saturated heterocycles. The van der Waals surface area contributed by atoms with Crippen molar-refractivity contribution >= 4 is 12.0 Å². The molecule has 1 saturated carbocycles. The number of hydrogen-bond acceptors (Lipinski definition) is 5. The van der Waals surface area contributed by atoms with Crippen LogP contribution in [0.1, 0.15) is 88.2 Å². The molecule has 6 heteroatoms. The van der Waals surface area contributed by atoms with Crippen molar-refractivity contribution in [3.05, 3.63) is 47.1 Å². The van der Waals surface area contributed by atoms with E-state index in [9.17, 15) is 20.1 Å². The number of aliphatic hydroxyl groups excluding tert-OH is 2. The molecule has 0 radical (unpaired) electrons. The molecule has 0 bridgehead atoms. The maximum absolute atomic E-state index is 12.1. The SMILES string of the molecule is CCCCc1cc(/C=C/C[C@@H]2CC(C)(C)C[C@@H]2C(O)/C=C\[C@@H](C)[C@H](C)O)c(C(=O)O)c(OCOC)c1. The lowest BCUT2D eigenvalue weighted by atomic mass is 9.87. The maximum atomic E-state index is 12.1. The summed E-state index contributed by atoms with van der Waals surface area (Å²) in [7, 11) is 1.51. The number of allylic oxidation sites excluding steroid dienone is 1. The summed E-state index contributed by atoms with van der Waals surface area (Å²) in [5.74, 6) is -0.340. The van der Waals surface area contributed by atoms with Crippen molar-refractivity contribution in [2.75, 3.05) is 13.9 Å². The number of ether oxygens (including phenoxy) is 2. The number of aliphatic hydroxyl groups is 2. The van der Waals surface area contributed by atoms with E-state index in [1.165, 1.54) is 7.11 Å². The summed E-state index contributed by atoms with van der Waals surface area (Å²) in [6.45, 7) is 10.3. The number of aromatic carboxylic acids is 1. The normalized spacial score (nSPS) is 22.2. The summed E-state index contributed by atoms with van der Waals surface area (Å²) in [5, 5.41) is 30.6. The zero-order valence-electron chi connectivity index (χ0n) is 22.9. The highest BCUT2D eigenvalue weighted by Crippen LogP contribution is 2.48. The number of methoxy groups -OCH3 is 1. The Morgan fingerprint density at radius 2 is 1.92 bits per heavy atom. The molecule has 3 N–H and O–H groups in total. The van der Waals surface area contributed by atoms with Crippen molar-refractivity contribution in [1.29, 1.82) is 0 Å². The van der Waals surface area contributed by atoms with E-state index in [1.54, 1.807) is 6.92 Å². The van der Waals surface area contributed by atoms with Gasteiger partial charge in [-0.1, -0.05) is 64.5 Å². The van der Waals surface area contributed by atoms with Gasteiger partial charge in [-0.2, -0.15) is 0 Å². The molecule has 36 heavy (non-hydrogen) atoms. The summed E-state index contributed by atoms with van der Waals surface area (Å²) < 4.78 is 10.6. The molecular weight excluding hydrogens is 456 g/mol. The smallest absolute Gasteiger partial charge is 0.340 e. The third-order valence-corrected chi connectivity index (χ3v) is 7.31. The van der Waals surface area contributed by atoms with Crippen LogP contribution in [-0.2, 0) is 11.2 Å². The molecule has 202 valence electrons. The lowest BCUT2D eigenvalue weighted by molar-refractivity contribution is 0.0483. The van der Waals surface area contributed by atoms with Gasteiger partial charge in [0.15, 0.2) is 6.79 Å². The molecule has 1 aliphatic carbocycles. The first-order valence-corrected chi connectivity index (χ1v) is 13.2. The second kappa shape index (κ2) is 14.0. The Morgan fingerprint density at radius 3 is 2.53 bits per heavy atom. The maximum Gasteiger partial charge on any atom is 0.340 e. The third-order valence-electron chi connectivity index (χ3n) is 7.31. The van der Waals surface area contributed by atoms with Gasteiger partial charge in [0.25, 0.3) is 0 Å². The fourth-order valence-corrected chi connectivity index (χ4v) is 5.19. The number of benzene rings is 1. The van der Waals surface area contributed by atoms with Crippen molar-refractivity contribution in [3.8, 4) is 5.75 Å². The average molecular weight is 503 g/mol. The zero-order valence-corrected chi connectivity index (χ0v) is 22.9. The second-order valence-electron chi connectivity index (χ2n) is 11.1. The number of carbonyl (C=O) groups is 1. The van der Waals surface area contributed by atoms with Crippen LogP contribution in [0, 0.1) is 23.2 Å². The molecule has 0 heterocycles. The van der Waals surface area contributed by atoms with Crippen LogP contribution in [0.4, 0.5) is 0 Å². The highest BCUT2D eigenvalue weighted by Gasteiger charge is 2.41. The van der Waals surface area contributed by atoms with Crippen LogP contribution >= 0.6 is 0 Å². The van der Waals surface area contributed by atoms with Crippen molar-refractivity contribution in [1.82, 2.24) is 0 Å². The topological polar surface area (TPSA) is 96.2 Å². The largest absolute Gasteiger partial charge is 0.478 e. The van der Waals surface area contributed by atoms with Crippen molar-refractivity contribution < 1.29 is 29.6 Å². The molecule has 1 aromatic rings. The number of unbranched alkanes of at least 4 members (excludes halogenated alkanes) is 1. The van der Waals surface area contributed by atoms with Gasteiger partial charge in [0.1, 0.15) is 11.3 Å². The van der Waals surface area contributed by atoms with E-state index in [4.69, 9.17) is 9.47 Å². The molecule has 1 unspecified atom stereocenters. The van der Waals surface area contributed by atoms with Crippen molar-refractivity contribution in [3.63, 3.8) is 0 Å². The number of carboxylic acids is 1. The Labute approximate surface area is 217 Å². The zero-order chi connectivity index (χ0) is 26.9. The number of rotatable bonds is 14. The molecule has 0 aromatic heterocycles. The quantitative estimate of drug-likeness (QED) is 0.210. The van der Waals surface area contributed by atoms with Gasteiger partial charge < -0.3 is 24.8 Å². The minimum atomic E-state index is -1.03. The van der Waals surface area contributed by atoms with Gasteiger partial charge in [-0.3, -0.25) is 0 Å². The summed E-state index contributed by atoms with van der Waals surface area (Å²) in [5.41, 5.74) is 1.94. The lowest BCUT2D eigenvalue weighted by Gasteiger charge is -2.22. The summed E-state index contributed by atoms with van der Waals surface area (Å²) in [6, 6.07) is 3.75. The van der Waals surface area contributed by atoms with Crippen LogP contribution in [0.2, 0.25) is 0 Å². The van der Waals surface area contributed by atoms with Crippen LogP contribution in [0.25, 0.3) is 6.08 Å². The van der Waals surface area contributed by atoms with Crippen molar-refractivity contribution in [2.45, 2.75) is 85.4 Å². The minimum absolute atomic E-state index is 0.0153. The van der Waals surface area contributed by atoms with Gasteiger partial charge in [-0.15, -0.1) is 0 Å². The molecule has 0 spiro atoms. The number of carboxylic acid groups (broad SMARTS) is 1. The second-order valence-corrected chi connectivity index (χ2v) is 11.1. The number of hydrogen-bond donors (Lipinski definition) is 3. The van der Waals surface area contributed by atoms with Crippen LogP contribution < -0.4 is 4.74 Å². The predicted octanol–water partition coefficient (Wildman–Crippen LogP) is 6.10. The first-order chi connectivity index (χ1) is 17.0. The Bertz CT molecular complexity index is 901. The molecule has 2 rings (SSSR count). The molecule has 5 atom stereocenters. The highest BCUT2D eigenvalue weighted by atomic mass is 16.7. The monoisotopic (exact) mass is 502 g/mol. The van der Waals surface area contributed by atoms with Crippen LogP contribution in [0.3, 0.4) is 0 Å². The lowest BCUT2D eigenvalue weighted by Crippen LogP contribution is -2.23. The van der Waals surface area contributed by atoms with E-state index in [0.29, 0.717) is 11.3 Å². The Kier molecular flexibility index (Phi) is 11.7. The van der Waals surface area contributed by atoms with Gasteiger partial charge in [0, 0.05) is 7.11 Å². The van der Waals surface area contributed by atoms with Gasteiger partial charge in [-0.25, -0.2) is 4.79 Å². The van der Waals surface area contributed by atoms with Crippen molar-refractivity contribution in [2.24, 2.45) is 23.2 Å². The van der Waals surface area contributed by atoms with E-state index in [-0.39, 0.29) is 35.5 Å². The predicted molar refractivity (Wildman–Crippen MR) is 144 cm³/mol. The first-order valence-electron chi connectivity index (χ1n) is 13.2. The molecule has 1 aliphatic rings. The Morgan fingerprint density at radius 1 is 1.19 bits per heavy atom. The van der Waals surface area contributed by atoms with Crippen LogP contribution in [-0.4, -0.2) is 47.4 Å². The fraction of sp³-hybridized carbons (Fsp3) is 0.633. The Balaban J connectivity index is 2.28. The van der Waals surface area contributed by atoms with Gasteiger partial charge >= 0.3 is 5.97 Å². The first kappa shape index (κ1) is 30.1. The van der Waals surface area contributed by atoms with E-state index < -0.39 is 18.2 Å². The highest BCUT2D eigenvalue weighted by molar-refractivity contribution is 5.95. The van der Waals surface area contributed by atoms with E-state index in [2.05, 4.69) is 20.8 Å². The molecule has 1 aromatic carbocycles. The Hall–Kier alpha value is -2.15. The van der Waals surface area contributed by atoms with E-state index in [1.807, 2.05) is 43.4 Å². The third kappa shape index (κ3) is 8.75. The molecule has 0 amide bonds. The van der Waals surface area contributed by atoms with E-state index >= 15 is 0 Å². The standard InChI is InChI=1S/C30H46O6/c1-7-8-10-22-15-23(28(29(33)34)27(16-22)36-19-35-6)11-9-12-24-17-30(4,5)18-25(24)26(32)14-13-20(2)21(3)31/h9,11,13-16,20-21,24-26,31-32H,7-8,10,12,17-19H2,1-6H3,(H,33,34)/b11-9+,14-13-/t20-,21+,24-,25+,26?/m1/s1. The number of aryl methyl sites for hydroxylation is 1. The summed E-state index contributed by atoms with van der Waals surface area (Å²) >= 11 is 0. The van der Waals surface area contributed by atoms with Crippen LogP contribution in [0.15, 0.2) is 30.4 Å². The minimum Gasteiger partial charge on any atom is -0.478 e. The average Bonchev–Trinajstić information content (AvgIpc) is 3.13.